The van der Waals surface area contributed by atoms with Crippen molar-refractivity contribution in [3.63, 3.8) is 0 Å². The quantitative estimate of drug-likeness (QED) is 0.284. The van der Waals surface area contributed by atoms with Gasteiger partial charge in [-0.3, -0.25) is 4.90 Å². The van der Waals surface area contributed by atoms with Gasteiger partial charge in [-0.25, -0.2) is 0 Å². The van der Waals surface area contributed by atoms with Crippen molar-refractivity contribution < 1.29 is 0 Å². The average molecular weight is 546 g/mol. The summed E-state index contributed by atoms with van der Waals surface area (Å²) in [5, 5.41) is 7.32. The van der Waals surface area contributed by atoms with Crippen LogP contribution in [0.5, 0.6) is 0 Å². The first-order chi connectivity index (χ1) is 15.0. The van der Waals surface area contributed by atoms with Gasteiger partial charge in [0.05, 0.1) is 14.7 Å². The molecule has 2 nitrogen and oxygen atoms in total. The first-order valence-electron chi connectivity index (χ1n) is 11.5. The summed E-state index contributed by atoms with van der Waals surface area (Å²) in [5.74, 6) is 0. The summed E-state index contributed by atoms with van der Waals surface area (Å²) in [6.45, 7) is 7.12. The predicted molar refractivity (Wildman–Crippen MR) is 138 cm³/mol. The Morgan fingerprint density at radius 3 is 1.94 bits per heavy atom. The fraction of sp³-hybridized carbons (Fsp3) is 0.519. The first kappa shape index (κ1) is 24.5. The Hall–Kier alpha value is -1.15. The average Bonchev–Trinajstić information content (AvgIpc) is 3.69. The van der Waals surface area contributed by atoms with E-state index in [1.807, 2.05) is 0 Å². The van der Waals surface area contributed by atoms with Crippen LogP contribution in [0.3, 0.4) is 0 Å². The van der Waals surface area contributed by atoms with Crippen molar-refractivity contribution in [2.24, 2.45) is 0 Å². The van der Waals surface area contributed by atoms with E-state index in [4.69, 9.17) is 5.26 Å². The molecule has 0 N–H and O–H groups in total. The third-order valence-electron chi connectivity index (χ3n) is 6.21. The van der Waals surface area contributed by atoms with Gasteiger partial charge in [0.1, 0.15) is 0 Å². The van der Waals surface area contributed by atoms with Crippen molar-refractivity contribution in [1.29, 1.82) is 5.26 Å². The van der Waals surface area contributed by atoms with Crippen LogP contribution in [-0.2, 0) is 21.6 Å². The Morgan fingerprint density at radius 1 is 0.903 bits per heavy atom. The molecule has 2 aromatic rings. The molecule has 2 fully saturated rings. The zero-order valence-electron chi connectivity index (χ0n) is 18.8. The smallest absolute Gasteiger partial charge is 0.0587 e. The van der Waals surface area contributed by atoms with E-state index < -0.39 is 0 Å². The molecule has 0 spiro atoms. The largest absolute Gasteiger partial charge is 0.299 e. The topological polar surface area (TPSA) is 27.0 Å². The number of nitrogens with zero attached hydrogens (tertiary/aromatic N) is 2. The highest BCUT2D eigenvalue weighted by Crippen LogP contribution is 2.59. The molecule has 0 amide bonds. The zero-order chi connectivity index (χ0) is 22.3. The van der Waals surface area contributed by atoms with Crippen molar-refractivity contribution >= 4 is 31.9 Å². The van der Waals surface area contributed by atoms with Crippen molar-refractivity contribution in [2.45, 2.75) is 74.0 Å². The van der Waals surface area contributed by atoms with Gasteiger partial charge < -0.3 is 0 Å². The van der Waals surface area contributed by atoms with E-state index in [1.54, 1.807) is 22.8 Å². The molecular formula is C27H34Br2N2. The van der Waals surface area contributed by atoms with Gasteiger partial charge in [-0.1, -0.05) is 87.3 Å². The summed E-state index contributed by atoms with van der Waals surface area (Å²) in [5.41, 5.74) is 6.15. The summed E-state index contributed by atoms with van der Waals surface area (Å²) in [6, 6.07) is 19.7. The highest BCUT2D eigenvalue weighted by molar-refractivity contribution is 9.10. The van der Waals surface area contributed by atoms with Crippen LogP contribution in [0.2, 0.25) is 0 Å². The van der Waals surface area contributed by atoms with Gasteiger partial charge in [0, 0.05) is 13.5 Å². The van der Waals surface area contributed by atoms with Crippen LogP contribution in [0.4, 0.5) is 0 Å². The number of nitriles is 1. The number of hydrogen-bond acceptors (Lipinski definition) is 2. The second kappa shape index (κ2) is 11.1. The molecule has 2 aliphatic carbocycles. The fourth-order valence-corrected chi connectivity index (χ4v) is 5.50. The molecule has 2 saturated carbocycles. The Kier molecular flexibility index (Phi) is 8.79. The van der Waals surface area contributed by atoms with Crippen LogP contribution >= 0.6 is 31.9 Å². The van der Waals surface area contributed by atoms with Crippen molar-refractivity contribution in [2.75, 3.05) is 13.1 Å². The van der Waals surface area contributed by atoms with Gasteiger partial charge in [-0.15, -0.1) is 0 Å². The molecule has 2 aromatic carbocycles. The second-order valence-corrected chi connectivity index (χ2v) is 11.9. The Morgan fingerprint density at radius 2 is 1.45 bits per heavy atom. The number of halogens is 2. The number of benzene rings is 2. The van der Waals surface area contributed by atoms with Crippen LogP contribution in [0, 0.1) is 11.3 Å². The predicted octanol–water partition coefficient (Wildman–Crippen LogP) is 7.83. The molecule has 4 heteroatoms. The molecule has 166 valence electrons. The third kappa shape index (κ3) is 6.67. The molecule has 0 bridgehead atoms. The van der Waals surface area contributed by atoms with Crippen molar-refractivity contribution in [3.8, 4) is 6.07 Å². The maximum atomic E-state index is 7.32. The van der Waals surface area contributed by atoms with E-state index in [-0.39, 0.29) is 8.65 Å². The van der Waals surface area contributed by atoms with Crippen LogP contribution in [-0.4, -0.2) is 18.0 Å². The molecule has 0 unspecified atom stereocenters. The minimum atomic E-state index is 0.254. The van der Waals surface area contributed by atoms with E-state index in [9.17, 15) is 0 Å². The molecule has 4 rings (SSSR count). The summed E-state index contributed by atoms with van der Waals surface area (Å²) >= 11 is 8.07. The molecular weight excluding hydrogens is 512 g/mol. The van der Waals surface area contributed by atoms with E-state index >= 15 is 0 Å². The summed E-state index contributed by atoms with van der Waals surface area (Å²) in [7, 11) is 0. The lowest BCUT2D eigenvalue weighted by Gasteiger charge is -2.24. The van der Waals surface area contributed by atoms with Crippen molar-refractivity contribution in [3.05, 3.63) is 70.8 Å². The minimum absolute atomic E-state index is 0.254. The Bertz CT molecular complexity index is 844. The van der Waals surface area contributed by atoms with Gasteiger partial charge in [0.15, 0.2) is 0 Å². The second-order valence-electron chi connectivity index (χ2n) is 8.85. The monoisotopic (exact) mass is 544 g/mol. The van der Waals surface area contributed by atoms with Crippen LogP contribution < -0.4 is 0 Å². The molecule has 0 aromatic heterocycles. The first-order valence-corrected chi connectivity index (χ1v) is 13.1. The highest BCUT2D eigenvalue weighted by Gasteiger charge is 2.47. The van der Waals surface area contributed by atoms with Crippen LogP contribution in [0.15, 0.2) is 48.5 Å². The summed E-state index contributed by atoms with van der Waals surface area (Å²) in [4.78, 5) is 2.62. The van der Waals surface area contributed by atoms with E-state index in [0.29, 0.717) is 0 Å². The lowest BCUT2D eigenvalue weighted by molar-refractivity contribution is 0.262. The fourth-order valence-electron chi connectivity index (χ4n) is 4.36. The normalized spacial score (nSPS) is 17.4. The number of rotatable bonds is 10. The highest BCUT2D eigenvalue weighted by atomic mass is 79.9. The summed E-state index contributed by atoms with van der Waals surface area (Å²) < 4.78 is 0.507. The molecule has 2 aliphatic rings. The van der Waals surface area contributed by atoms with E-state index in [0.717, 1.165) is 6.54 Å². The standard InChI is InChI=1S/C25H31Br2N.C2H3N/c1-2-17-28(19-20-8-4-3-5-9-20)18-7-10-21-22(24(26)13-14-24)11-6-12-23(21)25(27)15-16-25;1-2-3/h3-6,8-9,11-12H,2,7,10,13-19H2,1H3;1H3. The summed E-state index contributed by atoms with van der Waals surface area (Å²) in [6.07, 6.45) is 8.71. The SMILES string of the molecule is CC#N.CCCN(CCCc1c(C2(Br)CC2)cccc1C1(Br)CC1)Cc1ccccc1. The van der Waals surface area contributed by atoms with E-state index in [1.165, 1.54) is 70.5 Å². The van der Waals surface area contributed by atoms with Gasteiger partial charge in [-0.05, 0) is 80.3 Å². The number of hydrogen-bond donors (Lipinski definition) is 0. The molecule has 31 heavy (non-hydrogen) atoms. The van der Waals surface area contributed by atoms with Crippen LogP contribution in [0.25, 0.3) is 0 Å². The minimum Gasteiger partial charge on any atom is -0.299 e. The van der Waals surface area contributed by atoms with E-state index in [2.05, 4.69) is 92.2 Å². The van der Waals surface area contributed by atoms with Gasteiger partial charge in [0.25, 0.3) is 0 Å². The Balaban J connectivity index is 0.000000858. The molecule has 0 saturated heterocycles. The van der Waals surface area contributed by atoms with Crippen LogP contribution in [0.1, 0.15) is 74.6 Å². The van der Waals surface area contributed by atoms with Gasteiger partial charge >= 0.3 is 0 Å². The lowest BCUT2D eigenvalue weighted by atomic mass is 9.91. The number of alkyl halides is 2. The third-order valence-corrected chi connectivity index (χ3v) is 8.65. The molecule has 0 aliphatic heterocycles. The zero-order valence-corrected chi connectivity index (χ0v) is 22.0. The maximum Gasteiger partial charge on any atom is 0.0587 e. The Labute approximate surface area is 205 Å². The molecule has 0 radical (unpaired) electrons. The van der Waals surface area contributed by atoms with Crippen molar-refractivity contribution in [1.82, 2.24) is 4.90 Å². The molecule has 0 atom stereocenters. The maximum absolute atomic E-state index is 7.32. The van der Waals surface area contributed by atoms with Gasteiger partial charge in [-0.2, -0.15) is 5.26 Å². The lowest BCUT2D eigenvalue weighted by Crippen LogP contribution is -2.26. The van der Waals surface area contributed by atoms with Gasteiger partial charge in [0.2, 0.25) is 0 Å². The molecule has 0 heterocycles.